The number of carbonyl (C=O) groups is 1. The molecule has 0 amide bonds. The molecule has 0 aromatic rings. The Morgan fingerprint density at radius 2 is 2.17 bits per heavy atom. The van der Waals surface area contributed by atoms with Crippen molar-refractivity contribution in [1.82, 2.24) is 10.6 Å². The molecule has 0 aliphatic heterocycles. The SMILES string of the molecule is CNCCNCC(C)C(=O)OC. The third-order valence-electron chi connectivity index (χ3n) is 1.61. The molecule has 4 heteroatoms. The van der Waals surface area contributed by atoms with E-state index in [4.69, 9.17) is 0 Å². The standard InChI is InChI=1S/C8H18N2O2/c1-7(8(11)12-3)6-10-5-4-9-2/h7,9-10H,4-6H2,1-3H3. The highest BCUT2D eigenvalue weighted by molar-refractivity contribution is 5.71. The van der Waals surface area contributed by atoms with Gasteiger partial charge in [-0.25, -0.2) is 0 Å². The second-order valence-corrected chi connectivity index (χ2v) is 2.73. The molecule has 0 fully saturated rings. The summed E-state index contributed by atoms with van der Waals surface area (Å²) in [5, 5.41) is 6.14. The van der Waals surface area contributed by atoms with Gasteiger partial charge in [0.15, 0.2) is 0 Å². The third kappa shape index (κ3) is 5.09. The van der Waals surface area contributed by atoms with E-state index in [1.54, 1.807) is 0 Å². The summed E-state index contributed by atoms with van der Waals surface area (Å²) in [7, 11) is 3.30. The van der Waals surface area contributed by atoms with Crippen molar-refractivity contribution in [2.75, 3.05) is 33.8 Å². The van der Waals surface area contributed by atoms with Crippen molar-refractivity contribution in [2.45, 2.75) is 6.92 Å². The zero-order valence-electron chi connectivity index (χ0n) is 8.02. The smallest absolute Gasteiger partial charge is 0.309 e. The van der Waals surface area contributed by atoms with E-state index in [1.807, 2.05) is 14.0 Å². The highest BCUT2D eigenvalue weighted by Crippen LogP contribution is 1.94. The Kier molecular flexibility index (Phi) is 6.70. The average molecular weight is 174 g/mol. The molecule has 0 saturated carbocycles. The van der Waals surface area contributed by atoms with E-state index >= 15 is 0 Å². The topological polar surface area (TPSA) is 50.4 Å². The van der Waals surface area contributed by atoms with Crippen LogP contribution in [0.25, 0.3) is 0 Å². The number of hydrogen-bond acceptors (Lipinski definition) is 4. The van der Waals surface area contributed by atoms with Gasteiger partial charge in [0.25, 0.3) is 0 Å². The van der Waals surface area contributed by atoms with Crippen molar-refractivity contribution < 1.29 is 9.53 Å². The van der Waals surface area contributed by atoms with E-state index in [0.29, 0.717) is 6.54 Å². The fourth-order valence-electron chi connectivity index (χ4n) is 0.816. The molecule has 1 unspecified atom stereocenters. The molecule has 0 aliphatic carbocycles. The molecule has 72 valence electrons. The molecule has 4 nitrogen and oxygen atoms in total. The van der Waals surface area contributed by atoms with Gasteiger partial charge in [-0.15, -0.1) is 0 Å². The molecule has 2 N–H and O–H groups in total. The predicted octanol–water partition coefficient (Wildman–Crippen LogP) is -0.395. The summed E-state index contributed by atoms with van der Waals surface area (Å²) in [5.41, 5.74) is 0. The number of esters is 1. The molecule has 12 heavy (non-hydrogen) atoms. The van der Waals surface area contributed by atoms with Crippen LogP contribution in [0.5, 0.6) is 0 Å². The van der Waals surface area contributed by atoms with E-state index in [-0.39, 0.29) is 11.9 Å². The minimum absolute atomic E-state index is 0.0631. The molecule has 0 heterocycles. The third-order valence-corrected chi connectivity index (χ3v) is 1.61. The fourth-order valence-corrected chi connectivity index (χ4v) is 0.816. The lowest BCUT2D eigenvalue weighted by atomic mass is 10.2. The number of methoxy groups -OCH3 is 1. The minimum atomic E-state index is -0.160. The van der Waals surface area contributed by atoms with Gasteiger partial charge in [-0.1, -0.05) is 6.92 Å². The molecule has 0 bridgehead atoms. The molecule has 0 aliphatic rings. The quantitative estimate of drug-likeness (QED) is 0.425. The van der Waals surface area contributed by atoms with E-state index in [1.165, 1.54) is 7.11 Å². The molecule has 0 aromatic heterocycles. The number of nitrogens with one attached hydrogen (secondary N) is 2. The average Bonchev–Trinajstić information content (AvgIpc) is 2.10. The van der Waals surface area contributed by atoms with Crippen LogP contribution in [-0.4, -0.2) is 39.8 Å². The predicted molar refractivity (Wildman–Crippen MR) is 48.0 cm³/mol. The van der Waals surface area contributed by atoms with Crippen molar-refractivity contribution in [3.63, 3.8) is 0 Å². The van der Waals surface area contributed by atoms with Gasteiger partial charge >= 0.3 is 5.97 Å². The van der Waals surface area contributed by atoms with Crippen LogP contribution in [0.2, 0.25) is 0 Å². The van der Waals surface area contributed by atoms with E-state index in [2.05, 4.69) is 15.4 Å². The fraction of sp³-hybridized carbons (Fsp3) is 0.875. The molecule has 0 saturated heterocycles. The van der Waals surface area contributed by atoms with E-state index in [9.17, 15) is 4.79 Å². The minimum Gasteiger partial charge on any atom is -0.469 e. The molecule has 0 aromatic carbocycles. The maximum absolute atomic E-state index is 10.9. The van der Waals surface area contributed by atoms with Gasteiger partial charge in [0.2, 0.25) is 0 Å². The first-order chi connectivity index (χ1) is 5.72. The lowest BCUT2D eigenvalue weighted by Crippen LogP contribution is -2.31. The summed E-state index contributed by atoms with van der Waals surface area (Å²) < 4.78 is 4.57. The summed E-state index contributed by atoms with van der Waals surface area (Å²) in [5.74, 6) is -0.223. The number of hydrogen-bond donors (Lipinski definition) is 2. The molecule has 0 spiro atoms. The summed E-state index contributed by atoms with van der Waals surface area (Å²) in [6, 6.07) is 0. The molecule has 1 atom stereocenters. The number of likely N-dealkylation sites (N-methyl/N-ethyl adjacent to an activating group) is 1. The zero-order valence-corrected chi connectivity index (χ0v) is 8.02. The molecular weight excluding hydrogens is 156 g/mol. The summed E-state index contributed by atoms with van der Waals surface area (Å²) >= 11 is 0. The Morgan fingerprint density at radius 1 is 1.50 bits per heavy atom. The maximum Gasteiger partial charge on any atom is 0.309 e. The van der Waals surface area contributed by atoms with Crippen LogP contribution in [0.15, 0.2) is 0 Å². The van der Waals surface area contributed by atoms with Crippen molar-refractivity contribution in [3.8, 4) is 0 Å². The van der Waals surface area contributed by atoms with Gasteiger partial charge in [0, 0.05) is 19.6 Å². The summed E-state index contributed by atoms with van der Waals surface area (Å²) in [6.45, 7) is 4.30. The second-order valence-electron chi connectivity index (χ2n) is 2.73. The first kappa shape index (κ1) is 11.4. The van der Waals surface area contributed by atoms with E-state index < -0.39 is 0 Å². The lowest BCUT2D eigenvalue weighted by molar-refractivity contribution is -0.144. The largest absolute Gasteiger partial charge is 0.469 e. The van der Waals surface area contributed by atoms with Crippen molar-refractivity contribution in [1.29, 1.82) is 0 Å². The van der Waals surface area contributed by atoms with E-state index in [0.717, 1.165) is 13.1 Å². The number of ether oxygens (including phenoxy) is 1. The Balaban J connectivity index is 3.31. The first-order valence-electron chi connectivity index (χ1n) is 4.15. The van der Waals surface area contributed by atoms with Crippen LogP contribution in [0.1, 0.15) is 6.92 Å². The van der Waals surface area contributed by atoms with Gasteiger partial charge in [-0.05, 0) is 7.05 Å². The molecule has 0 rings (SSSR count). The lowest BCUT2D eigenvalue weighted by Gasteiger charge is -2.09. The van der Waals surface area contributed by atoms with Crippen molar-refractivity contribution in [2.24, 2.45) is 5.92 Å². The highest BCUT2D eigenvalue weighted by atomic mass is 16.5. The molecule has 0 radical (unpaired) electrons. The summed E-state index contributed by atoms with van der Waals surface area (Å²) in [6.07, 6.45) is 0. The Hall–Kier alpha value is -0.610. The monoisotopic (exact) mass is 174 g/mol. The molecular formula is C8H18N2O2. The summed E-state index contributed by atoms with van der Waals surface area (Å²) in [4.78, 5) is 10.9. The van der Waals surface area contributed by atoms with Crippen LogP contribution in [0.4, 0.5) is 0 Å². The van der Waals surface area contributed by atoms with Gasteiger partial charge in [-0.3, -0.25) is 4.79 Å². The van der Waals surface area contributed by atoms with Crippen LogP contribution >= 0.6 is 0 Å². The van der Waals surface area contributed by atoms with Gasteiger partial charge in [0.05, 0.1) is 13.0 Å². The van der Waals surface area contributed by atoms with Crippen molar-refractivity contribution in [3.05, 3.63) is 0 Å². The Bertz CT molecular complexity index is 128. The normalized spacial score (nSPS) is 12.6. The van der Waals surface area contributed by atoms with Crippen LogP contribution in [0.3, 0.4) is 0 Å². The van der Waals surface area contributed by atoms with Crippen LogP contribution in [0, 0.1) is 5.92 Å². The number of rotatable bonds is 6. The van der Waals surface area contributed by atoms with Crippen molar-refractivity contribution >= 4 is 5.97 Å². The number of carbonyl (C=O) groups excluding carboxylic acids is 1. The van der Waals surface area contributed by atoms with Gasteiger partial charge < -0.3 is 15.4 Å². The Morgan fingerprint density at radius 3 is 2.67 bits per heavy atom. The zero-order chi connectivity index (χ0) is 9.40. The maximum atomic E-state index is 10.9. The Labute approximate surface area is 73.7 Å². The van der Waals surface area contributed by atoms with Gasteiger partial charge in [0.1, 0.15) is 0 Å². The highest BCUT2D eigenvalue weighted by Gasteiger charge is 2.11. The second kappa shape index (κ2) is 7.06. The van der Waals surface area contributed by atoms with Gasteiger partial charge in [-0.2, -0.15) is 0 Å². The van der Waals surface area contributed by atoms with Crippen LogP contribution in [-0.2, 0) is 9.53 Å². The van der Waals surface area contributed by atoms with Crippen LogP contribution < -0.4 is 10.6 Å². The first-order valence-corrected chi connectivity index (χ1v) is 4.15.